The molecule has 1 N–H and O–H groups in total. The van der Waals surface area contributed by atoms with E-state index in [4.69, 9.17) is 23.2 Å². The molecule has 1 aromatic heterocycles. The summed E-state index contributed by atoms with van der Waals surface area (Å²) in [7, 11) is 0. The van der Waals surface area contributed by atoms with Gasteiger partial charge < -0.3 is 5.32 Å². The molecule has 16 heavy (non-hydrogen) atoms. The summed E-state index contributed by atoms with van der Waals surface area (Å²) in [5, 5.41) is 3.44. The minimum atomic E-state index is 0.184. The van der Waals surface area contributed by atoms with E-state index in [1.807, 2.05) is 13.0 Å². The fourth-order valence-electron chi connectivity index (χ4n) is 1.41. The zero-order valence-electron chi connectivity index (χ0n) is 9.44. The van der Waals surface area contributed by atoms with Gasteiger partial charge in [0.15, 0.2) is 0 Å². The molecule has 0 aromatic carbocycles. The molecule has 88 valence electrons. The van der Waals surface area contributed by atoms with Crippen LogP contribution in [0, 0.1) is 11.8 Å². The molecule has 0 aliphatic heterocycles. The average molecular weight is 276 g/mol. The largest absolute Gasteiger partial charge is 0.309 e. The maximum absolute atomic E-state index is 6.14. The Bertz CT molecular complexity index is 389. The van der Waals surface area contributed by atoms with Gasteiger partial charge in [0.05, 0.1) is 8.67 Å². The summed E-state index contributed by atoms with van der Waals surface area (Å²) in [5.74, 6) is 5.99. The molecule has 1 rings (SSSR count). The van der Waals surface area contributed by atoms with Crippen molar-refractivity contribution in [3.8, 4) is 11.8 Å². The highest BCUT2D eigenvalue weighted by atomic mass is 35.5. The summed E-state index contributed by atoms with van der Waals surface area (Å²) in [6.45, 7) is 4.94. The van der Waals surface area contributed by atoms with Gasteiger partial charge in [0.25, 0.3) is 0 Å². The van der Waals surface area contributed by atoms with Crippen molar-refractivity contribution in [2.75, 3.05) is 6.54 Å². The molecule has 1 nitrogen and oxygen atoms in total. The molecular weight excluding hydrogens is 261 g/mol. The summed E-state index contributed by atoms with van der Waals surface area (Å²) < 4.78 is 1.49. The minimum absolute atomic E-state index is 0.184. The van der Waals surface area contributed by atoms with Crippen LogP contribution in [0.3, 0.4) is 0 Å². The Kier molecular flexibility index (Phi) is 6.23. The summed E-state index contributed by atoms with van der Waals surface area (Å²) in [6.07, 6.45) is 1.86. The van der Waals surface area contributed by atoms with Crippen molar-refractivity contribution in [3.05, 3.63) is 20.3 Å². The third-order valence-electron chi connectivity index (χ3n) is 2.18. The first-order chi connectivity index (χ1) is 7.69. The van der Waals surface area contributed by atoms with Gasteiger partial charge in [-0.1, -0.05) is 30.1 Å². The highest BCUT2D eigenvalue weighted by Crippen LogP contribution is 2.35. The quantitative estimate of drug-likeness (QED) is 0.780. The Labute approximate surface area is 111 Å². The Morgan fingerprint density at radius 3 is 2.75 bits per heavy atom. The van der Waals surface area contributed by atoms with Gasteiger partial charge >= 0.3 is 0 Å². The standard InChI is InChI=1S/C12H15Cl2NS/c1-3-5-6-10(15-7-4-2)9-8-11(13)16-12(9)14/h8,10,15H,4,6-7H2,1-2H3. The van der Waals surface area contributed by atoms with E-state index in [0.717, 1.165) is 33.6 Å². The van der Waals surface area contributed by atoms with Crippen molar-refractivity contribution >= 4 is 34.5 Å². The molecule has 0 fully saturated rings. The SMILES string of the molecule is CC#CCC(NCCC)c1cc(Cl)sc1Cl. The van der Waals surface area contributed by atoms with Crippen LogP contribution in [0.2, 0.25) is 8.67 Å². The summed E-state index contributed by atoms with van der Waals surface area (Å²) in [4.78, 5) is 0. The fraction of sp³-hybridized carbons (Fsp3) is 0.500. The van der Waals surface area contributed by atoms with Crippen molar-refractivity contribution in [1.82, 2.24) is 5.32 Å². The van der Waals surface area contributed by atoms with Crippen LogP contribution in [0.15, 0.2) is 6.07 Å². The zero-order chi connectivity index (χ0) is 12.0. The highest BCUT2D eigenvalue weighted by molar-refractivity contribution is 7.20. The van der Waals surface area contributed by atoms with Crippen LogP contribution < -0.4 is 5.32 Å². The van der Waals surface area contributed by atoms with Gasteiger partial charge in [0.2, 0.25) is 0 Å². The molecule has 0 amide bonds. The molecule has 0 radical (unpaired) electrons. The first-order valence-corrected chi connectivity index (χ1v) is 6.84. The molecular formula is C12H15Cl2NS. The van der Waals surface area contributed by atoms with E-state index in [-0.39, 0.29) is 6.04 Å². The Morgan fingerprint density at radius 1 is 1.50 bits per heavy atom. The van der Waals surface area contributed by atoms with Gasteiger partial charge in [-0.05, 0) is 26.0 Å². The number of hydrogen-bond acceptors (Lipinski definition) is 2. The molecule has 0 saturated heterocycles. The summed E-state index contributed by atoms with van der Waals surface area (Å²) in [5.41, 5.74) is 1.06. The van der Waals surface area contributed by atoms with E-state index in [9.17, 15) is 0 Å². The first kappa shape index (κ1) is 13.9. The maximum atomic E-state index is 6.14. The minimum Gasteiger partial charge on any atom is -0.309 e. The summed E-state index contributed by atoms with van der Waals surface area (Å²) in [6, 6.07) is 2.11. The fourth-order valence-corrected chi connectivity index (χ4v) is 2.98. The lowest BCUT2D eigenvalue weighted by Gasteiger charge is -2.15. The molecule has 1 aromatic rings. The monoisotopic (exact) mass is 275 g/mol. The molecule has 0 spiro atoms. The van der Waals surface area contributed by atoms with Crippen LogP contribution in [0.5, 0.6) is 0 Å². The molecule has 1 atom stereocenters. The van der Waals surface area contributed by atoms with Gasteiger partial charge in [-0.15, -0.1) is 23.2 Å². The number of rotatable bonds is 5. The third kappa shape index (κ3) is 3.99. The molecule has 0 aliphatic carbocycles. The Morgan fingerprint density at radius 2 is 2.25 bits per heavy atom. The van der Waals surface area contributed by atoms with Crippen LogP contribution >= 0.6 is 34.5 Å². The lowest BCUT2D eigenvalue weighted by atomic mass is 10.1. The Balaban J connectivity index is 2.80. The second-order valence-electron chi connectivity index (χ2n) is 3.42. The maximum Gasteiger partial charge on any atom is 0.0992 e. The first-order valence-electron chi connectivity index (χ1n) is 5.26. The summed E-state index contributed by atoms with van der Waals surface area (Å²) >= 11 is 13.5. The van der Waals surface area contributed by atoms with Gasteiger partial charge in [-0.25, -0.2) is 0 Å². The predicted molar refractivity (Wildman–Crippen MR) is 73.4 cm³/mol. The van der Waals surface area contributed by atoms with Gasteiger partial charge in [0, 0.05) is 18.0 Å². The molecule has 1 unspecified atom stereocenters. The number of halogens is 2. The van der Waals surface area contributed by atoms with E-state index < -0.39 is 0 Å². The Hall–Kier alpha value is -0.200. The second kappa shape index (κ2) is 7.19. The smallest absolute Gasteiger partial charge is 0.0992 e. The van der Waals surface area contributed by atoms with Gasteiger partial charge in [-0.2, -0.15) is 0 Å². The van der Waals surface area contributed by atoms with E-state index in [0.29, 0.717) is 0 Å². The lowest BCUT2D eigenvalue weighted by molar-refractivity contribution is 0.544. The van der Waals surface area contributed by atoms with Crippen molar-refractivity contribution in [2.45, 2.75) is 32.7 Å². The molecule has 1 heterocycles. The van der Waals surface area contributed by atoms with Crippen LogP contribution in [-0.4, -0.2) is 6.54 Å². The molecule has 0 bridgehead atoms. The second-order valence-corrected chi connectivity index (χ2v) is 5.70. The molecule has 0 saturated carbocycles. The lowest BCUT2D eigenvalue weighted by Crippen LogP contribution is -2.21. The van der Waals surface area contributed by atoms with Crippen LogP contribution in [0.4, 0.5) is 0 Å². The van der Waals surface area contributed by atoms with Gasteiger partial charge in [-0.3, -0.25) is 0 Å². The molecule has 0 aliphatic rings. The predicted octanol–water partition coefficient (Wildman–Crippen LogP) is 4.51. The van der Waals surface area contributed by atoms with Crippen molar-refractivity contribution in [3.63, 3.8) is 0 Å². The van der Waals surface area contributed by atoms with E-state index in [1.165, 1.54) is 11.3 Å². The van der Waals surface area contributed by atoms with Crippen LogP contribution in [-0.2, 0) is 0 Å². The zero-order valence-corrected chi connectivity index (χ0v) is 11.8. The third-order valence-corrected chi connectivity index (χ3v) is 3.70. The number of hydrogen-bond donors (Lipinski definition) is 1. The average Bonchev–Trinajstić information content (AvgIpc) is 2.58. The topological polar surface area (TPSA) is 12.0 Å². The van der Waals surface area contributed by atoms with Crippen LogP contribution in [0.25, 0.3) is 0 Å². The number of thiophene rings is 1. The van der Waals surface area contributed by atoms with Crippen molar-refractivity contribution in [1.29, 1.82) is 0 Å². The molecule has 4 heteroatoms. The normalized spacial score (nSPS) is 12.0. The van der Waals surface area contributed by atoms with E-state index >= 15 is 0 Å². The van der Waals surface area contributed by atoms with Gasteiger partial charge in [0.1, 0.15) is 0 Å². The van der Waals surface area contributed by atoms with E-state index in [1.54, 1.807) is 0 Å². The van der Waals surface area contributed by atoms with Crippen molar-refractivity contribution < 1.29 is 0 Å². The van der Waals surface area contributed by atoms with Crippen molar-refractivity contribution in [2.24, 2.45) is 0 Å². The number of nitrogens with one attached hydrogen (secondary N) is 1. The van der Waals surface area contributed by atoms with E-state index in [2.05, 4.69) is 24.1 Å². The van der Waals surface area contributed by atoms with Crippen LogP contribution in [0.1, 0.15) is 38.3 Å². The highest BCUT2D eigenvalue weighted by Gasteiger charge is 2.15.